The Balaban J connectivity index is 2.97. The highest BCUT2D eigenvalue weighted by Crippen LogP contribution is 2.22. The Morgan fingerprint density at radius 1 is 1.53 bits per heavy atom. The van der Waals surface area contributed by atoms with Crippen molar-refractivity contribution in [2.24, 2.45) is 5.92 Å². The molecule has 1 aromatic carbocycles. The first-order chi connectivity index (χ1) is 8.13. The van der Waals surface area contributed by atoms with Gasteiger partial charge in [0.1, 0.15) is 5.75 Å². The van der Waals surface area contributed by atoms with Gasteiger partial charge in [-0.3, -0.25) is 4.79 Å². The van der Waals surface area contributed by atoms with Crippen LogP contribution in [0.5, 0.6) is 5.75 Å². The van der Waals surface area contributed by atoms with Crippen LogP contribution >= 0.6 is 0 Å². The lowest BCUT2D eigenvalue weighted by atomic mass is 9.92. The molecule has 0 aliphatic carbocycles. The summed E-state index contributed by atoms with van der Waals surface area (Å²) in [5, 5.41) is 8.68. The van der Waals surface area contributed by atoms with Gasteiger partial charge in [-0.05, 0) is 37.1 Å². The Hall–Kier alpha value is -1.82. The SMILES string of the molecule is CCC(CC#N)C(=O)c1ccc(OC)c(C)c1. The van der Waals surface area contributed by atoms with Crippen LogP contribution in [0, 0.1) is 24.2 Å². The molecule has 0 fully saturated rings. The minimum Gasteiger partial charge on any atom is -0.496 e. The molecule has 3 heteroatoms. The van der Waals surface area contributed by atoms with E-state index in [-0.39, 0.29) is 18.1 Å². The van der Waals surface area contributed by atoms with Crippen molar-refractivity contribution < 1.29 is 9.53 Å². The fourth-order valence-electron chi connectivity index (χ4n) is 1.80. The van der Waals surface area contributed by atoms with Crippen molar-refractivity contribution in [3.05, 3.63) is 29.3 Å². The highest BCUT2D eigenvalue weighted by molar-refractivity contribution is 5.98. The Morgan fingerprint density at radius 3 is 2.71 bits per heavy atom. The number of aryl methyl sites for hydroxylation is 1. The highest BCUT2D eigenvalue weighted by Gasteiger charge is 2.18. The molecule has 3 nitrogen and oxygen atoms in total. The van der Waals surface area contributed by atoms with E-state index in [1.165, 1.54) is 0 Å². The van der Waals surface area contributed by atoms with Crippen molar-refractivity contribution >= 4 is 5.78 Å². The van der Waals surface area contributed by atoms with E-state index in [4.69, 9.17) is 10.00 Å². The van der Waals surface area contributed by atoms with Crippen LogP contribution in [0.3, 0.4) is 0 Å². The minimum atomic E-state index is -0.201. The fourth-order valence-corrected chi connectivity index (χ4v) is 1.80. The van der Waals surface area contributed by atoms with Crippen LogP contribution in [0.2, 0.25) is 0 Å². The molecule has 0 saturated carbocycles. The maximum Gasteiger partial charge on any atom is 0.166 e. The molecule has 0 aliphatic heterocycles. The Bertz CT molecular complexity index is 446. The maximum absolute atomic E-state index is 12.1. The molecule has 0 amide bonds. The normalized spacial score (nSPS) is 11.6. The highest BCUT2D eigenvalue weighted by atomic mass is 16.5. The summed E-state index contributed by atoms with van der Waals surface area (Å²) in [6, 6.07) is 7.43. The fraction of sp³-hybridized carbons (Fsp3) is 0.429. The number of carbonyl (C=O) groups excluding carboxylic acids is 1. The van der Waals surface area contributed by atoms with Crippen molar-refractivity contribution in [2.45, 2.75) is 26.7 Å². The van der Waals surface area contributed by atoms with Gasteiger partial charge in [0.2, 0.25) is 0 Å². The average molecular weight is 231 g/mol. The predicted octanol–water partition coefficient (Wildman–Crippen LogP) is 3.13. The van der Waals surface area contributed by atoms with E-state index in [1.807, 2.05) is 19.9 Å². The average Bonchev–Trinajstić information content (AvgIpc) is 2.35. The van der Waals surface area contributed by atoms with Crippen LogP contribution in [-0.4, -0.2) is 12.9 Å². The van der Waals surface area contributed by atoms with Crippen LogP contribution in [-0.2, 0) is 0 Å². The number of rotatable bonds is 5. The van der Waals surface area contributed by atoms with E-state index in [0.717, 1.165) is 11.3 Å². The summed E-state index contributed by atoms with van der Waals surface area (Å²) in [5.41, 5.74) is 1.59. The van der Waals surface area contributed by atoms with Crippen LogP contribution in [0.15, 0.2) is 18.2 Å². The third-order valence-electron chi connectivity index (χ3n) is 2.88. The Kier molecular flexibility index (Phi) is 4.71. The van der Waals surface area contributed by atoms with Crippen LogP contribution in [0.4, 0.5) is 0 Å². The number of ketones is 1. The number of ether oxygens (including phenoxy) is 1. The molecular formula is C14H17NO2. The van der Waals surface area contributed by atoms with E-state index in [0.29, 0.717) is 12.0 Å². The molecule has 0 radical (unpaired) electrons. The molecule has 17 heavy (non-hydrogen) atoms. The third-order valence-corrected chi connectivity index (χ3v) is 2.88. The number of hydrogen-bond acceptors (Lipinski definition) is 3. The molecule has 0 saturated heterocycles. The van der Waals surface area contributed by atoms with Crippen LogP contribution < -0.4 is 4.74 Å². The minimum absolute atomic E-state index is 0.0415. The van der Waals surface area contributed by atoms with Crippen molar-refractivity contribution in [3.63, 3.8) is 0 Å². The summed E-state index contributed by atoms with van der Waals surface area (Å²) in [6.45, 7) is 3.83. The monoisotopic (exact) mass is 231 g/mol. The van der Waals surface area contributed by atoms with Gasteiger partial charge in [0.25, 0.3) is 0 Å². The van der Waals surface area contributed by atoms with Crippen molar-refractivity contribution in [1.82, 2.24) is 0 Å². The van der Waals surface area contributed by atoms with Crippen LogP contribution in [0.1, 0.15) is 35.7 Å². The molecule has 0 bridgehead atoms. The molecule has 1 rings (SSSR count). The Morgan fingerprint density at radius 2 is 2.24 bits per heavy atom. The van der Waals surface area contributed by atoms with Gasteiger partial charge in [-0.15, -0.1) is 0 Å². The number of methoxy groups -OCH3 is 1. The first kappa shape index (κ1) is 13.2. The van der Waals surface area contributed by atoms with E-state index in [9.17, 15) is 4.79 Å². The second-order valence-corrected chi connectivity index (χ2v) is 4.02. The lowest BCUT2D eigenvalue weighted by Crippen LogP contribution is -2.13. The quantitative estimate of drug-likeness (QED) is 0.731. The molecular weight excluding hydrogens is 214 g/mol. The molecule has 90 valence electrons. The van der Waals surface area contributed by atoms with Crippen molar-refractivity contribution in [2.75, 3.05) is 7.11 Å². The number of nitrogens with zero attached hydrogens (tertiary/aromatic N) is 1. The summed E-state index contributed by atoms with van der Waals surface area (Å²) in [7, 11) is 1.61. The summed E-state index contributed by atoms with van der Waals surface area (Å²) in [5.74, 6) is 0.613. The number of nitriles is 1. The second-order valence-electron chi connectivity index (χ2n) is 4.02. The largest absolute Gasteiger partial charge is 0.496 e. The van der Waals surface area contributed by atoms with Gasteiger partial charge in [0, 0.05) is 17.9 Å². The smallest absolute Gasteiger partial charge is 0.166 e. The first-order valence-electron chi connectivity index (χ1n) is 5.69. The van der Waals surface area contributed by atoms with E-state index in [1.54, 1.807) is 19.2 Å². The van der Waals surface area contributed by atoms with Gasteiger partial charge in [-0.25, -0.2) is 0 Å². The summed E-state index contributed by atoms with van der Waals surface area (Å²) < 4.78 is 5.15. The molecule has 0 aliphatic rings. The Labute approximate surface area is 102 Å². The van der Waals surface area contributed by atoms with Crippen LogP contribution in [0.25, 0.3) is 0 Å². The van der Waals surface area contributed by atoms with Gasteiger partial charge in [-0.1, -0.05) is 6.92 Å². The van der Waals surface area contributed by atoms with E-state index in [2.05, 4.69) is 6.07 Å². The van der Waals surface area contributed by atoms with Gasteiger partial charge >= 0.3 is 0 Å². The zero-order chi connectivity index (χ0) is 12.8. The number of benzene rings is 1. The topological polar surface area (TPSA) is 50.1 Å². The molecule has 1 atom stereocenters. The number of hydrogen-bond donors (Lipinski definition) is 0. The lowest BCUT2D eigenvalue weighted by Gasteiger charge is -2.11. The molecule has 1 aromatic rings. The number of carbonyl (C=O) groups is 1. The van der Waals surface area contributed by atoms with Gasteiger partial charge in [0.15, 0.2) is 5.78 Å². The lowest BCUT2D eigenvalue weighted by molar-refractivity contribution is 0.0918. The second kappa shape index (κ2) is 6.05. The molecule has 0 heterocycles. The van der Waals surface area contributed by atoms with E-state index < -0.39 is 0 Å². The molecule has 0 N–H and O–H groups in total. The summed E-state index contributed by atoms with van der Waals surface area (Å²) in [4.78, 5) is 12.1. The van der Waals surface area contributed by atoms with Gasteiger partial charge in [0.05, 0.1) is 13.2 Å². The predicted molar refractivity (Wildman–Crippen MR) is 66.1 cm³/mol. The van der Waals surface area contributed by atoms with E-state index >= 15 is 0 Å². The third kappa shape index (κ3) is 3.07. The van der Waals surface area contributed by atoms with Crippen molar-refractivity contribution in [3.8, 4) is 11.8 Å². The van der Waals surface area contributed by atoms with Gasteiger partial charge < -0.3 is 4.74 Å². The zero-order valence-corrected chi connectivity index (χ0v) is 10.5. The molecule has 1 unspecified atom stereocenters. The molecule has 0 spiro atoms. The summed E-state index contributed by atoms with van der Waals surface area (Å²) >= 11 is 0. The molecule has 0 aromatic heterocycles. The van der Waals surface area contributed by atoms with Crippen molar-refractivity contribution in [1.29, 1.82) is 5.26 Å². The first-order valence-corrected chi connectivity index (χ1v) is 5.69. The summed E-state index contributed by atoms with van der Waals surface area (Å²) in [6.07, 6.45) is 0.970. The standard InChI is InChI=1S/C14H17NO2/c1-4-11(7-8-15)14(16)12-5-6-13(17-3)10(2)9-12/h5-6,9,11H,4,7H2,1-3H3. The zero-order valence-electron chi connectivity index (χ0n) is 10.5. The maximum atomic E-state index is 12.1. The number of Topliss-reactive ketones (excluding diaryl/α,β-unsaturated/α-hetero) is 1. The van der Waals surface area contributed by atoms with Gasteiger partial charge in [-0.2, -0.15) is 5.26 Å².